The van der Waals surface area contributed by atoms with Crippen LogP contribution >= 0.6 is 11.3 Å². The van der Waals surface area contributed by atoms with E-state index < -0.39 is 0 Å². The number of H-pyrrole nitrogens is 1. The van der Waals surface area contributed by atoms with Crippen molar-refractivity contribution in [2.45, 2.75) is 103 Å². The number of unbranched alkanes of at least 4 members (excludes halogenated alkanes) is 11. The van der Waals surface area contributed by atoms with Gasteiger partial charge in [0.15, 0.2) is 0 Å². The molecule has 0 aliphatic heterocycles. The maximum atomic E-state index is 12.1. The van der Waals surface area contributed by atoms with Crippen LogP contribution in [0.25, 0.3) is 0 Å². The zero-order valence-electron chi connectivity index (χ0n) is 20.3. The third-order valence-corrected chi connectivity index (χ3v) is 6.36. The highest BCUT2D eigenvalue weighted by Gasteiger charge is 2.08. The van der Waals surface area contributed by atoms with Crippen LogP contribution in [0.3, 0.4) is 0 Å². The molecule has 3 N–H and O–H groups in total. The van der Waals surface area contributed by atoms with E-state index >= 15 is 0 Å². The number of anilines is 2. The van der Waals surface area contributed by atoms with Gasteiger partial charge in [-0.1, -0.05) is 81.8 Å². The van der Waals surface area contributed by atoms with Crippen molar-refractivity contribution in [3.63, 3.8) is 0 Å². The fourth-order valence-corrected chi connectivity index (χ4v) is 4.29. The first kappa shape index (κ1) is 27.0. The standard InChI is InChI=1S/C25H42N6OS/c1-2-3-4-5-6-7-8-9-10-11-12-13-14-15-16-17-23(32)29-25-31-30-24(33-25)27-19-18-22-20-26-21-28-22/h9-10,20-21H,2-8,11-19H2,1H3,(H,26,28)(H,27,30)(H,29,31,32)/b10-9+. The number of rotatable bonds is 20. The SMILES string of the molecule is CCCCCCCC/C=C/CCCCCCCC(=O)Nc1nnc(NCCc2cnc[nH]2)s1. The Morgan fingerprint density at radius 1 is 0.939 bits per heavy atom. The Labute approximate surface area is 203 Å². The molecule has 0 fully saturated rings. The summed E-state index contributed by atoms with van der Waals surface area (Å²) < 4.78 is 0. The summed E-state index contributed by atoms with van der Waals surface area (Å²) in [5, 5.41) is 15.5. The molecule has 8 heteroatoms. The number of hydrogen-bond donors (Lipinski definition) is 3. The molecule has 33 heavy (non-hydrogen) atoms. The lowest BCUT2D eigenvalue weighted by molar-refractivity contribution is -0.116. The summed E-state index contributed by atoms with van der Waals surface area (Å²) >= 11 is 1.36. The minimum atomic E-state index is 0.0211. The lowest BCUT2D eigenvalue weighted by atomic mass is 10.1. The van der Waals surface area contributed by atoms with E-state index in [4.69, 9.17) is 0 Å². The second-order valence-corrected chi connectivity index (χ2v) is 9.53. The summed E-state index contributed by atoms with van der Waals surface area (Å²) in [6.07, 6.45) is 25.9. The van der Waals surface area contributed by atoms with Crippen LogP contribution < -0.4 is 10.6 Å². The number of carbonyl (C=O) groups is 1. The van der Waals surface area contributed by atoms with Gasteiger partial charge in [-0.3, -0.25) is 4.79 Å². The van der Waals surface area contributed by atoms with Gasteiger partial charge in [-0.25, -0.2) is 4.98 Å². The van der Waals surface area contributed by atoms with E-state index in [1.165, 1.54) is 82.0 Å². The predicted octanol–water partition coefficient (Wildman–Crippen LogP) is 6.89. The molecule has 2 aromatic rings. The predicted molar refractivity (Wildman–Crippen MR) is 139 cm³/mol. The largest absolute Gasteiger partial charge is 0.360 e. The van der Waals surface area contributed by atoms with Crippen LogP contribution in [0.2, 0.25) is 0 Å². The minimum Gasteiger partial charge on any atom is -0.360 e. The fraction of sp³-hybridized carbons (Fsp3) is 0.680. The van der Waals surface area contributed by atoms with Gasteiger partial charge < -0.3 is 15.6 Å². The van der Waals surface area contributed by atoms with E-state index in [0.717, 1.165) is 31.5 Å². The number of carbonyl (C=O) groups excluding carboxylic acids is 1. The first-order chi connectivity index (χ1) is 16.3. The summed E-state index contributed by atoms with van der Waals surface area (Å²) in [4.78, 5) is 19.2. The molecule has 7 nitrogen and oxygen atoms in total. The molecule has 1 amide bonds. The maximum Gasteiger partial charge on any atom is 0.226 e. The molecule has 0 radical (unpaired) electrons. The van der Waals surface area contributed by atoms with Crippen molar-refractivity contribution in [2.24, 2.45) is 0 Å². The first-order valence-corrected chi connectivity index (χ1v) is 13.6. The van der Waals surface area contributed by atoms with E-state index in [-0.39, 0.29) is 5.91 Å². The van der Waals surface area contributed by atoms with Gasteiger partial charge in [-0.05, 0) is 32.1 Å². The van der Waals surface area contributed by atoms with Gasteiger partial charge in [-0.2, -0.15) is 0 Å². The van der Waals surface area contributed by atoms with Gasteiger partial charge in [0, 0.05) is 31.3 Å². The molecule has 2 heterocycles. The number of imidazole rings is 1. The van der Waals surface area contributed by atoms with Crippen molar-refractivity contribution in [3.8, 4) is 0 Å². The van der Waals surface area contributed by atoms with Crippen LogP contribution in [0.5, 0.6) is 0 Å². The van der Waals surface area contributed by atoms with Gasteiger partial charge in [-0.15, -0.1) is 10.2 Å². The highest BCUT2D eigenvalue weighted by atomic mass is 32.1. The number of nitrogens with one attached hydrogen (secondary N) is 3. The van der Waals surface area contributed by atoms with Gasteiger partial charge in [0.25, 0.3) is 0 Å². The molecule has 0 unspecified atom stereocenters. The topological polar surface area (TPSA) is 95.6 Å². The normalized spacial score (nSPS) is 11.3. The summed E-state index contributed by atoms with van der Waals surface area (Å²) in [6, 6.07) is 0. The van der Waals surface area contributed by atoms with Crippen molar-refractivity contribution in [1.82, 2.24) is 20.2 Å². The van der Waals surface area contributed by atoms with E-state index in [1.54, 1.807) is 6.33 Å². The Morgan fingerprint density at radius 3 is 2.30 bits per heavy atom. The Morgan fingerprint density at radius 2 is 1.61 bits per heavy atom. The van der Waals surface area contributed by atoms with Gasteiger partial charge in [0.2, 0.25) is 16.2 Å². The second kappa shape index (κ2) is 18.2. The highest BCUT2D eigenvalue weighted by molar-refractivity contribution is 7.19. The molecule has 0 aliphatic rings. The van der Waals surface area contributed by atoms with E-state index in [2.05, 4.69) is 49.9 Å². The Hall–Kier alpha value is -2.22. The Bertz CT molecular complexity index is 759. The zero-order chi connectivity index (χ0) is 23.4. The zero-order valence-corrected chi connectivity index (χ0v) is 21.1. The molecule has 0 aromatic carbocycles. The van der Waals surface area contributed by atoms with Crippen LogP contribution in [0.1, 0.15) is 103 Å². The Kier molecular flexibility index (Phi) is 14.9. The molecule has 2 rings (SSSR count). The number of allylic oxidation sites excluding steroid dienone is 2. The van der Waals surface area contributed by atoms with Crippen molar-refractivity contribution in [2.75, 3.05) is 17.2 Å². The maximum absolute atomic E-state index is 12.1. The molecule has 0 atom stereocenters. The fourth-order valence-electron chi connectivity index (χ4n) is 3.61. The highest BCUT2D eigenvalue weighted by Crippen LogP contribution is 2.20. The van der Waals surface area contributed by atoms with E-state index in [9.17, 15) is 4.79 Å². The Balaban J connectivity index is 1.39. The molecule has 0 spiro atoms. The number of aromatic amines is 1. The second-order valence-electron chi connectivity index (χ2n) is 8.55. The summed E-state index contributed by atoms with van der Waals surface area (Å²) in [7, 11) is 0. The molecule has 0 aliphatic carbocycles. The lowest BCUT2D eigenvalue weighted by Gasteiger charge is -2.02. The lowest BCUT2D eigenvalue weighted by Crippen LogP contribution is -2.10. The van der Waals surface area contributed by atoms with Crippen molar-refractivity contribution in [1.29, 1.82) is 0 Å². The number of amides is 1. The third-order valence-electron chi connectivity index (χ3n) is 5.56. The number of aromatic nitrogens is 4. The van der Waals surface area contributed by atoms with Crippen LogP contribution in [0.15, 0.2) is 24.7 Å². The van der Waals surface area contributed by atoms with Gasteiger partial charge in [0.05, 0.1) is 6.33 Å². The molecular weight excluding hydrogens is 432 g/mol. The first-order valence-electron chi connectivity index (χ1n) is 12.8. The number of nitrogens with zero attached hydrogens (tertiary/aromatic N) is 3. The summed E-state index contributed by atoms with van der Waals surface area (Å²) in [6.45, 7) is 3.00. The van der Waals surface area contributed by atoms with Crippen LogP contribution in [-0.4, -0.2) is 32.6 Å². The summed E-state index contributed by atoms with van der Waals surface area (Å²) in [5.41, 5.74) is 1.07. The van der Waals surface area contributed by atoms with Crippen molar-refractivity contribution in [3.05, 3.63) is 30.4 Å². The molecular formula is C25H42N6OS. The summed E-state index contributed by atoms with van der Waals surface area (Å²) in [5.74, 6) is 0.0211. The van der Waals surface area contributed by atoms with E-state index in [0.29, 0.717) is 16.7 Å². The third kappa shape index (κ3) is 13.8. The average molecular weight is 475 g/mol. The molecule has 0 saturated carbocycles. The van der Waals surface area contributed by atoms with Crippen molar-refractivity contribution >= 4 is 27.5 Å². The quantitative estimate of drug-likeness (QED) is 0.143. The number of hydrogen-bond acceptors (Lipinski definition) is 6. The smallest absolute Gasteiger partial charge is 0.226 e. The molecule has 0 saturated heterocycles. The molecule has 0 bridgehead atoms. The monoisotopic (exact) mass is 474 g/mol. The minimum absolute atomic E-state index is 0.0211. The molecule has 184 valence electrons. The van der Waals surface area contributed by atoms with Gasteiger partial charge in [0.1, 0.15) is 0 Å². The van der Waals surface area contributed by atoms with Gasteiger partial charge >= 0.3 is 0 Å². The van der Waals surface area contributed by atoms with Crippen LogP contribution in [0.4, 0.5) is 10.3 Å². The van der Waals surface area contributed by atoms with E-state index in [1.807, 2.05) is 6.20 Å². The average Bonchev–Trinajstić information content (AvgIpc) is 3.49. The van der Waals surface area contributed by atoms with Crippen LogP contribution in [0, 0.1) is 0 Å². The van der Waals surface area contributed by atoms with Crippen molar-refractivity contribution < 1.29 is 4.79 Å². The van der Waals surface area contributed by atoms with Crippen LogP contribution in [-0.2, 0) is 11.2 Å². The molecule has 2 aromatic heterocycles.